The summed E-state index contributed by atoms with van der Waals surface area (Å²) in [6.07, 6.45) is 5.05. The molecule has 0 radical (unpaired) electrons. The Labute approximate surface area is 204 Å². The summed E-state index contributed by atoms with van der Waals surface area (Å²) in [6.45, 7) is 1.76. The highest BCUT2D eigenvalue weighted by Gasteiger charge is 2.25. The number of aliphatic hydroxyl groups excluding tert-OH is 1. The molecule has 2 aliphatic rings. The van der Waals surface area contributed by atoms with Crippen LogP contribution >= 0.6 is 0 Å². The van der Waals surface area contributed by atoms with Crippen LogP contribution in [0.2, 0.25) is 0 Å². The van der Waals surface area contributed by atoms with Crippen LogP contribution in [0.15, 0.2) is 65.6 Å². The molecule has 6 rings (SSSR count). The van der Waals surface area contributed by atoms with Crippen LogP contribution in [-0.2, 0) is 13.0 Å². The molecular formula is C29H30N4O2. The number of anilines is 1. The summed E-state index contributed by atoms with van der Waals surface area (Å²) in [5.41, 5.74) is 5.64. The molecule has 3 N–H and O–H groups in total. The lowest BCUT2D eigenvalue weighted by molar-refractivity contribution is 0.282. The van der Waals surface area contributed by atoms with Gasteiger partial charge in [0.2, 0.25) is 0 Å². The molecule has 3 heterocycles. The third-order valence-electron chi connectivity index (χ3n) is 7.41. The zero-order chi connectivity index (χ0) is 23.9. The summed E-state index contributed by atoms with van der Waals surface area (Å²) in [5.74, 6) is 1.90. The average molecular weight is 467 g/mol. The number of aliphatic hydroxyl groups is 1. The van der Waals surface area contributed by atoms with E-state index >= 15 is 0 Å². The lowest BCUT2D eigenvalue weighted by Gasteiger charge is -2.29. The molecule has 1 aliphatic carbocycles. The molecule has 2 fully saturated rings. The topological polar surface area (TPSA) is 79.2 Å². The van der Waals surface area contributed by atoms with Crippen molar-refractivity contribution in [1.82, 2.24) is 14.9 Å². The molecule has 2 aromatic heterocycles. The zero-order valence-corrected chi connectivity index (χ0v) is 19.9. The first-order valence-electron chi connectivity index (χ1n) is 12.4. The molecule has 1 aliphatic heterocycles. The zero-order valence-electron chi connectivity index (χ0n) is 19.9. The van der Waals surface area contributed by atoms with Crippen molar-refractivity contribution in [1.29, 1.82) is 0 Å². The van der Waals surface area contributed by atoms with E-state index in [1.807, 2.05) is 48.0 Å². The van der Waals surface area contributed by atoms with Crippen LogP contribution in [0.4, 0.5) is 5.82 Å². The number of aromatic nitrogens is 2. The number of fused-ring (bicyclic) bond motifs is 1. The Hall–Kier alpha value is -3.48. The fraction of sp³-hybridized carbons (Fsp3) is 0.310. The predicted octanol–water partition coefficient (Wildman–Crippen LogP) is 4.23. The molecule has 0 bridgehead atoms. The van der Waals surface area contributed by atoms with Crippen LogP contribution in [0, 0.1) is 5.92 Å². The molecule has 0 spiro atoms. The molecule has 4 aromatic rings. The number of pyridine rings is 2. The minimum absolute atomic E-state index is 0.0235. The maximum Gasteiger partial charge on any atom is 0.263 e. The first-order valence-corrected chi connectivity index (χ1v) is 12.4. The van der Waals surface area contributed by atoms with Gasteiger partial charge in [0.05, 0.1) is 12.3 Å². The fourth-order valence-electron chi connectivity index (χ4n) is 5.22. The van der Waals surface area contributed by atoms with Crippen LogP contribution in [-0.4, -0.2) is 34.8 Å². The van der Waals surface area contributed by atoms with Gasteiger partial charge < -0.3 is 15.7 Å². The number of benzene rings is 2. The van der Waals surface area contributed by atoms with Gasteiger partial charge in [0.1, 0.15) is 5.82 Å². The number of hydrogen-bond donors (Lipinski definition) is 3. The lowest BCUT2D eigenvalue weighted by atomic mass is 9.94. The molecule has 1 saturated carbocycles. The molecule has 35 heavy (non-hydrogen) atoms. The number of rotatable bonds is 7. The maximum atomic E-state index is 14.0. The summed E-state index contributed by atoms with van der Waals surface area (Å²) in [7, 11) is 1.83. The Morgan fingerprint density at radius 3 is 2.69 bits per heavy atom. The Bertz CT molecular complexity index is 1470. The van der Waals surface area contributed by atoms with Crippen molar-refractivity contribution in [3.63, 3.8) is 0 Å². The van der Waals surface area contributed by atoms with Crippen molar-refractivity contribution < 1.29 is 5.11 Å². The van der Waals surface area contributed by atoms with E-state index in [9.17, 15) is 9.90 Å². The molecule has 6 nitrogen and oxygen atoms in total. The Kier molecular flexibility index (Phi) is 5.63. The number of hydrogen-bond acceptors (Lipinski definition) is 5. The van der Waals surface area contributed by atoms with Crippen molar-refractivity contribution in [3.05, 3.63) is 88.0 Å². The fourth-order valence-corrected chi connectivity index (χ4v) is 5.22. The third-order valence-corrected chi connectivity index (χ3v) is 7.41. The Morgan fingerprint density at radius 1 is 1.11 bits per heavy atom. The van der Waals surface area contributed by atoms with Crippen molar-refractivity contribution in [2.45, 2.75) is 31.8 Å². The van der Waals surface area contributed by atoms with Crippen molar-refractivity contribution in [2.75, 3.05) is 25.5 Å². The summed E-state index contributed by atoms with van der Waals surface area (Å²) >= 11 is 0. The van der Waals surface area contributed by atoms with E-state index in [1.165, 1.54) is 18.4 Å². The Morgan fingerprint density at radius 2 is 1.97 bits per heavy atom. The van der Waals surface area contributed by atoms with Gasteiger partial charge in [0, 0.05) is 29.9 Å². The van der Waals surface area contributed by atoms with E-state index in [2.05, 4.69) is 33.8 Å². The monoisotopic (exact) mass is 466 g/mol. The Balaban J connectivity index is 1.56. The highest BCUT2D eigenvalue weighted by molar-refractivity contribution is 5.84. The van der Waals surface area contributed by atoms with Gasteiger partial charge >= 0.3 is 0 Å². The van der Waals surface area contributed by atoms with Crippen LogP contribution in [0.5, 0.6) is 0 Å². The highest BCUT2D eigenvalue weighted by atomic mass is 16.3. The third kappa shape index (κ3) is 4.03. The second-order valence-electron chi connectivity index (χ2n) is 9.77. The van der Waals surface area contributed by atoms with E-state index in [0.717, 1.165) is 64.2 Å². The van der Waals surface area contributed by atoms with E-state index in [4.69, 9.17) is 0 Å². The molecule has 6 heteroatoms. The molecule has 0 unspecified atom stereocenters. The number of nitrogens with one attached hydrogen (secondary N) is 2. The molecule has 1 saturated heterocycles. The summed E-state index contributed by atoms with van der Waals surface area (Å²) in [5, 5.41) is 18.7. The van der Waals surface area contributed by atoms with Gasteiger partial charge in [-0.1, -0.05) is 24.3 Å². The van der Waals surface area contributed by atoms with Crippen LogP contribution in [0.25, 0.3) is 27.6 Å². The largest absolute Gasteiger partial charge is 0.392 e. The second kappa shape index (κ2) is 8.95. The lowest BCUT2D eigenvalue weighted by Crippen LogP contribution is -2.43. The standard InChI is InChI=1S/C29H30N4O2/c1-30-28-14-21(9-10-32-28)24-3-2-4-27(26(24)17-34)33-23(11-18-15-31-16-18)13-22-12-20(19-5-6-19)7-8-25(22)29(33)35/h2-4,7-10,12-14,18-19,31,34H,5-6,11,15-17H2,1H3,(H,30,32). The van der Waals surface area contributed by atoms with Crippen molar-refractivity contribution in [2.24, 2.45) is 5.92 Å². The quantitative estimate of drug-likeness (QED) is 0.380. The van der Waals surface area contributed by atoms with E-state index in [0.29, 0.717) is 11.8 Å². The van der Waals surface area contributed by atoms with Gasteiger partial charge in [-0.2, -0.15) is 0 Å². The van der Waals surface area contributed by atoms with Gasteiger partial charge in [-0.25, -0.2) is 4.98 Å². The van der Waals surface area contributed by atoms with E-state index in [-0.39, 0.29) is 12.2 Å². The second-order valence-corrected chi connectivity index (χ2v) is 9.77. The first-order chi connectivity index (χ1) is 17.2. The van der Waals surface area contributed by atoms with E-state index < -0.39 is 0 Å². The van der Waals surface area contributed by atoms with Gasteiger partial charge in [-0.05, 0) is 96.6 Å². The minimum Gasteiger partial charge on any atom is -0.392 e. The highest BCUT2D eigenvalue weighted by Crippen LogP contribution is 2.41. The molecular weight excluding hydrogens is 436 g/mol. The minimum atomic E-state index is -0.168. The maximum absolute atomic E-state index is 14.0. The van der Waals surface area contributed by atoms with Gasteiger partial charge in [-0.3, -0.25) is 9.36 Å². The molecule has 2 aromatic carbocycles. The average Bonchev–Trinajstić information content (AvgIpc) is 3.71. The van der Waals surface area contributed by atoms with E-state index in [1.54, 1.807) is 6.20 Å². The normalized spacial score (nSPS) is 15.8. The smallest absolute Gasteiger partial charge is 0.263 e. The first kappa shape index (κ1) is 22.0. The SMILES string of the molecule is CNc1cc(-c2cccc(-n3c(CC4CNC4)cc4cc(C5CC5)ccc4c3=O)c2CO)ccn1. The van der Waals surface area contributed by atoms with Gasteiger partial charge in [0.25, 0.3) is 5.56 Å². The van der Waals surface area contributed by atoms with Gasteiger partial charge in [-0.15, -0.1) is 0 Å². The van der Waals surface area contributed by atoms with Gasteiger partial charge in [0.15, 0.2) is 0 Å². The van der Waals surface area contributed by atoms with Crippen LogP contribution in [0.3, 0.4) is 0 Å². The molecule has 0 atom stereocenters. The summed E-state index contributed by atoms with van der Waals surface area (Å²) in [4.78, 5) is 18.3. The molecule has 0 amide bonds. The summed E-state index contributed by atoms with van der Waals surface area (Å²) < 4.78 is 1.84. The summed E-state index contributed by atoms with van der Waals surface area (Å²) in [6, 6.07) is 18.3. The van der Waals surface area contributed by atoms with Crippen LogP contribution in [0.1, 0.15) is 35.6 Å². The number of nitrogens with zero attached hydrogens (tertiary/aromatic N) is 2. The van der Waals surface area contributed by atoms with Crippen molar-refractivity contribution in [3.8, 4) is 16.8 Å². The van der Waals surface area contributed by atoms with Crippen LogP contribution < -0.4 is 16.2 Å². The van der Waals surface area contributed by atoms with Crippen molar-refractivity contribution >= 4 is 16.6 Å². The predicted molar refractivity (Wildman–Crippen MR) is 140 cm³/mol. The molecule has 178 valence electrons.